The van der Waals surface area contributed by atoms with Crippen LogP contribution in [-0.2, 0) is 10.8 Å². The molecule has 1 unspecified atom stereocenters. The van der Waals surface area contributed by atoms with Crippen LogP contribution in [0.3, 0.4) is 0 Å². The fourth-order valence-electron chi connectivity index (χ4n) is 3.30. The Labute approximate surface area is 147 Å². The maximum absolute atomic E-state index is 2.44. The molecule has 2 heterocycles. The molecule has 0 aliphatic carbocycles. The van der Waals surface area contributed by atoms with Crippen molar-refractivity contribution in [2.75, 3.05) is 5.75 Å². The van der Waals surface area contributed by atoms with Crippen molar-refractivity contribution in [2.24, 2.45) is 0 Å². The van der Waals surface area contributed by atoms with E-state index in [1.165, 1.54) is 37.1 Å². The molecule has 1 aromatic heterocycles. The molecule has 1 fully saturated rings. The van der Waals surface area contributed by atoms with Gasteiger partial charge in [0.2, 0.25) is 0 Å². The summed E-state index contributed by atoms with van der Waals surface area (Å²) in [7, 11) is 0. The van der Waals surface area contributed by atoms with Crippen LogP contribution in [0.15, 0.2) is 36.4 Å². The van der Waals surface area contributed by atoms with Gasteiger partial charge in [-0.1, -0.05) is 58.9 Å². The highest BCUT2D eigenvalue weighted by Gasteiger charge is 2.40. The van der Waals surface area contributed by atoms with E-state index in [9.17, 15) is 0 Å². The summed E-state index contributed by atoms with van der Waals surface area (Å²) in [6, 6.07) is 14.1. The molecular weight excluding hydrogens is 316 g/mol. The van der Waals surface area contributed by atoms with Crippen LogP contribution in [0, 0.1) is 0 Å². The molecule has 0 nitrogen and oxygen atoms in total. The monoisotopic (exact) mass is 340 g/mol. The lowest BCUT2D eigenvalue weighted by atomic mass is 9.82. The Kier molecular flexibility index (Phi) is 3.38. The summed E-state index contributed by atoms with van der Waals surface area (Å²) in [6.07, 6.45) is 0. The number of rotatable bonds is 2. The molecule has 0 amide bonds. The van der Waals surface area contributed by atoms with Crippen LogP contribution < -0.4 is 0 Å². The zero-order chi connectivity index (χ0) is 16.4. The van der Waals surface area contributed by atoms with Gasteiger partial charge in [-0.25, -0.2) is 0 Å². The molecule has 2 heteroatoms. The van der Waals surface area contributed by atoms with E-state index in [1.54, 1.807) is 0 Å². The van der Waals surface area contributed by atoms with Crippen molar-refractivity contribution in [2.45, 2.75) is 50.7 Å². The average molecular weight is 341 g/mol. The van der Waals surface area contributed by atoms with Crippen molar-refractivity contribution in [3.05, 3.63) is 47.5 Å². The van der Waals surface area contributed by atoms with Gasteiger partial charge in [0.25, 0.3) is 0 Å². The van der Waals surface area contributed by atoms with Gasteiger partial charge in [-0.3, -0.25) is 0 Å². The van der Waals surface area contributed by atoms with Gasteiger partial charge in [0.15, 0.2) is 0 Å². The van der Waals surface area contributed by atoms with Gasteiger partial charge in [0, 0.05) is 36.6 Å². The summed E-state index contributed by atoms with van der Waals surface area (Å²) >= 11 is 4.04. The molecule has 3 aromatic rings. The smallest absolute Gasteiger partial charge is 0.0358 e. The van der Waals surface area contributed by atoms with Crippen LogP contribution in [0.1, 0.15) is 45.7 Å². The minimum atomic E-state index is 0.209. The molecule has 1 saturated heterocycles. The summed E-state index contributed by atoms with van der Waals surface area (Å²) in [5.74, 6) is 1.31. The first kappa shape index (κ1) is 15.5. The summed E-state index contributed by atoms with van der Waals surface area (Å²) in [4.78, 5) is 0. The first-order chi connectivity index (χ1) is 10.8. The molecule has 0 radical (unpaired) electrons. The number of benzene rings is 2. The van der Waals surface area contributed by atoms with Crippen molar-refractivity contribution >= 4 is 43.3 Å². The third-order valence-electron chi connectivity index (χ3n) is 5.22. The fourth-order valence-corrected chi connectivity index (χ4v) is 5.55. The molecule has 1 aliphatic rings. The van der Waals surface area contributed by atoms with Crippen LogP contribution in [0.4, 0.5) is 0 Å². The lowest BCUT2D eigenvalue weighted by Gasteiger charge is -2.24. The molecule has 0 N–H and O–H groups in total. The van der Waals surface area contributed by atoms with Crippen LogP contribution in [0.2, 0.25) is 0 Å². The van der Waals surface area contributed by atoms with Crippen molar-refractivity contribution in [3.63, 3.8) is 0 Å². The Morgan fingerprint density at radius 3 is 1.87 bits per heavy atom. The van der Waals surface area contributed by atoms with Crippen LogP contribution in [-0.4, -0.2) is 11.0 Å². The summed E-state index contributed by atoms with van der Waals surface area (Å²) in [5, 5.41) is 3.61. The standard InChI is InChI=1S/C21H24S2/c1-20(2,3)13-6-8-15-16-9-7-14(21(4,5)19-12-22-19)11-18(16)23-17(15)10-13/h6-11,19H,12H2,1-5H3. The highest BCUT2D eigenvalue weighted by atomic mass is 32.2. The Balaban J connectivity index is 1.87. The van der Waals surface area contributed by atoms with E-state index in [-0.39, 0.29) is 10.8 Å². The van der Waals surface area contributed by atoms with Crippen LogP contribution in [0.5, 0.6) is 0 Å². The fraction of sp³-hybridized carbons (Fsp3) is 0.429. The number of thiophene rings is 1. The third-order valence-corrected chi connectivity index (χ3v) is 7.59. The minimum Gasteiger partial charge on any atom is -0.156 e. The molecular formula is C21H24S2. The van der Waals surface area contributed by atoms with Gasteiger partial charge >= 0.3 is 0 Å². The molecule has 1 atom stereocenters. The normalized spacial score (nSPS) is 18.7. The van der Waals surface area contributed by atoms with Gasteiger partial charge < -0.3 is 0 Å². The minimum absolute atomic E-state index is 0.209. The van der Waals surface area contributed by atoms with E-state index in [4.69, 9.17) is 0 Å². The second-order valence-corrected chi connectivity index (χ2v) is 10.6. The summed E-state index contributed by atoms with van der Waals surface area (Å²) in [6.45, 7) is 11.6. The molecule has 0 saturated carbocycles. The molecule has 120 valence electrons. The molecule has 0 spiro atoms. The predicted octanol–water partition coefficient (Wildman–Crippen LogP) is 6.75. The van der Waals surface area contributed by atoms with Crippen LogP contribution >= 0.6 is 23.1 Å². The zero-order valence-electron chi connectivity index (χ0n) is 14.6. The van der Waals surface area contributed by atoms with E-state index >= 15 is 0 Å². The van der Waals surface area contributed by atoms with Gasteiger partial charge in [0.1, 0.15) is 0 Å². The zero-order valence-corrected chi connectivity index (χ0v) is 16.2. The van der Waals surface area contributed by atoms with Crippen molar-refractivity contribution in [3.8, 4) is 0 Å². The number of hydrogen-bond acceptors (Lipinski definition) is 2. The van der Waals surface area contributed by atoms with Crippen molar-refractivity contribution in [1.29, 1.82) is 0 Å². The Morgan fingerprint density at radius 2 is 1.35 bits per heavy atom. The largest absolute Gasteiger partial charge is 0.156 e. The van der Waals surface area contributed by atoms with Crippen LogP contribution in [0.25, 0.3) is 20.2 Å². The molecule has 4 rings (SSSR count). The van der Waals surface area contributed by atoms with E-state index in [1.807, 2.05) is 11.3 Å². The summed E-state index contributed by atoms with van der Waals surface area (Å²) in [5.41, 5.74) is 3.40. The van der Waals surface area contributed by atoms with Crippen molar-refractivity contribution < 1.29 is 0 Å². The quantitative estimate of drug-likeness (QED) is 0.465. The van der Waals surface area contributed by atoms with E-state index < -0.39 is 0 Å². The Hall–Kier alpha value is -0.990. The van der Waals surface area contributed by atoms with E-state index in [0.29, 0.717) is 0 Å². The van der Waals surface area contributed by atoms with Gasteiger partial charge in [0.05, 0.1) is 0 Å². The maximum Gasteiger partial charge on any atom is 0.0358 e. The SMILES string of the molecule is CC(C)(C)c1ccc2c(c1)sc1cc(C(C)(C)C3CS3)ccc12. The lowest BCUT2D eigenvalue weighted by Crippen LogP contribution is -2.23. The topological polar surface area (TPSA) is 0 Å². The molecule has 0 bridgehead atoms. The lowest BCUT2D eigenvalue weighted by molar-refractivity contribution is 0.550. The van der Waals surface area contributed by atoms with Gasteiger partial charge in [-0.05, 0) is 28.7 Å². The van der Waals surface area contributed by atoms with Gasteiger partial charge in [-0.15, -0.1) is 11.3 Å². The van der Waals surface area contributed by atoms with Crippen molar-refractivity contribution in [1.82, 2.24) is 0 Å². The number of hydrogen-bond donors (Lipinski definition) is 0. The predicted molar refractivity (Wildman–Crippen MR) is 107 cm³/mol. The molecule has 2 aromatic carbocycles. The first-order valence-electron chi connectivity index (χ1n) is 8.36. The second-order valence-electron chi connectivity index (χ2n) is 8.32. The second kappa shape index (κ2) is 5.00. The maximum atomic E-state index is 2.44. The van der Waals surface area contributed by atoms with Gasteiger partial charge in [-0.2, -0.15) is 11.8 Å². The highest BCUT2D eigenvalue weighted by Crippen LogP contribution is 2.47. The first-order valence-corrected chi connectivity index (χ1v) is 10.2. The number of thioether (sulfide) groups is 1. The molecule has 23 heavy (non-hydrogen) atoms. The number of fused-ring (bicyclic) bond motifs is 3. The van der Waals surface area contributed by atoms with E-state index in [2.05, 4.69) is 82.8 Å². The molecule has 1 aliphatic heterocycles. The Morgan fingerprint density at radius 1 is 0.826 bits per heavy atom. The highest BCUT2D eigenvalue weighted by molar-refractivity contribution is 8.07. The summed E-state index contributed by atoms with van der Waals surface area (Å²) < 4.78 is 2.85. The third kappa shape index (κ3) is 2.60. The average Bonchev–Trinajstić information content (AvgIpc) is 3.27. The van der Waals surface area contributed by atoms with E-state index in [0.717, 1.165) is 5.25 Å². The Bertz CT molecular complexity index is 889.